The largest absolute Gasteiger partial charge is 0.497 e. The third kappa shape index (κ3) is 4.48. The number of aliphatic hydroxyl groups excluding tert-OH is 2. The molecular weight excluding hydrogens is 260 g/mol. The zero-order chi connectivity index (χ0) is 15.0. The van der Waals surface area contributed by atoms with Crippen molar-refractivity contribution >= 4 is 11.6 Å². The lowest BCUT2D eigenvalue weighted by atomic mass is 9.98. The summed E-state index contributed by atoms with van der Waals surface area (Å²) in [6.45, 7) is 1.40. The van der Waals surface area contributed by atoms with Crippen LogP contribution >= 0.6 is 0 Å². The predicted molar refractivity (Wildman–Crippen MR) is 76.8 cm³/mol. The second-order valence-corrected chi connectivity index (χ2v) is 4.58. The van der Waals surface area contributed by atoms with Gasteiger partial charge in [0.05, 0.1) is 32.4 Å². The summed E-state index contributed by atoms with van der Waals surface area (Å²) in [7, 11) is 1.58. The van der Waals surface area contributed by atoms with Crippen LogP contribution in [0.2, 0.25) is 0 Å². The summed E-state index contributed by atoms with van der Waals surface area (Å²) in [5, 5.41) is 24.1. The van der Waals surface area contributed by atoms with Gasteiger partial charge in [-0.05, 0) is 30.7 Å². The van der Waals surface area contributed by atoms with Gasteiger partial charge in [0, 0.05) is 5.69 Å². The number of ether oxygens (including phenoxy) is 1. The number of carbonyl (C=O) groups excluding carboxylic acids is 1. The molecule has 1 aromatic rings. The van der Waals surface area contributed by atoms with Crippen molar-refractivity contribution < 1.29 is 19.7 Å². The fourth-order valence-corrected chi connectivity index (χ4v) is 1.66. The number of anilines is 1. The van der Waals surface area contributed by atoms with Crippen LogP contribution in [0.1, 0.15) is 13.3 Å². The van der Waals surface area contributed by atoms with Crippen LogP contribution in [0.25, 0.3) is 0 Å². The normalized spacial score (nSPS) is 11.2. The average Bonchev–Trinajstić information content (AvgIpc) is 2.50. The van der Waals surface area contributed by atoms with Gasteiger partial charge < -0.3 is 20.3 Å². The molecule has 0 bridgehead atoms. The predicted octanol–water partition coefficient (Wildman–Crippen LogP) is 0.357. The van der Waals surface area contributed by atoms with Gasteiger partial charge in [-0.3, -0.25) is 10.1 Å². The maximum atomic E-state index is 11.8. The smallest absolute Gasteiger partial charge is 0.238 e. The number of aliphatic hydroxyl groups is 2. The van der Waals surface area contributed by atoms with Crippen LogP contribution in [0.4, 0.5) is 5.69 Å². The highest BCUT2D eigenvalue weighted by molar-refractivity contribution is 5.92. The first-order valence-corrected chi connectivity index (χ1v) is 6.50. The third-order valence-corrected chi connectivity index (χ3v) is 3.28. The number of hydrogen-bond donors (Lipinski definition) is 4. The van der Waals surface area contributed by atoms with Gasteiger partial charge >= 0.3 is 0 Å². The summed E-state index contributed by atoms with van der Waals surface area (Å²) in [6.07, 6.45) is 0.524. The van der Waals surface area contributed by atoms with E-state index in [1.54, 1.807) is 31.4 Å². The number of rotatable bonds is 8. The van der Waals surface area contributed by atoms with Crippen LogP contribution in [0, 0.1) is 0 Å². The molecule has 0 heterocycles. The average molecular weight is 282 g/mol. The zero-order valence-electron chi connectivity index (χ0n) is 11.8. The van der Waals surface area contributed by atoms with Gasteiger partial charge in [0.15, 0.2) is 0 Å². The van der Waals surface area contributed by atoms with E-state index in [9.17, 15) is 15.0 Å². The molecule has 0 saturated heterocycles. The van der Waals surface area contributed by atoms with Crippen LogP contribution in [0.5, 0.6) is 5.75 Å². The minimum Gasteiger partial charge on any atom is -0.497 e. The van der Waals surface area contributed by atoms with E-state index in [2.05, 4.69) is 10.6 Å². The fourth-order valence-electron chi connectivity index (χ4n) is 1.66. The van der Waals surface area contributed by atoms with Crippen molar-refractivity contribution in [3.8, 4) is 5.75 Å². The molecule has 0 fully saturated rings. The first-order chi connectivity index (χ1) is 9.59. The first kappa shape index (κ1) is 16.4. The van der Waals surface area contributed by atoms with Gasteiger partial charge in [-0.25, -0.2) is 0 Å². The van der Waals surface area contributed by atoms with Crippen molar-refractivity contribution in [1.29, 1.82) is 0 Å². The van der Waals surface area contributed by atoms with Gasteiger partial charge in [-0.15, -0.1) is 0 Å². The van der Waals surface area contributed by atoms with Crippen LogP contribution in [0.15, 0.2) is 24.3 Å². The molecule has 112 valence electrons. The first-order valence-electron chi connectivity index (χ1n) is 6.50. The van der Waals surface area contributed by atoms with Crippen molar-refractivity contribution in [2.75, 3.05) is 32.2 Å². The Morgan fingerprint density at radius 1 is 1.25 bits per heavy atom. The summed E-state index contributed by atoms with van der Waals surface area (Å²) in [6, 6.07) is 6.98. The van der Waals surface area contributed by atoms with Crippen molar-refractivity contribution in [2.45, 2.75) is 18.9 Å². The monoisotopic (exact) mass is 282 g/mol. The lowest BCUT2D eigenvalue weighted by Gasteiger charge is -2.29. The quantitative estimate of drug-likeness (QED) is 0.552. The molecule has 0 atom stereocenters. The van der Waals surface area contributed by atoms with Crippen LogP contribution in [0.3, 0.4) is 0 Å². The second-order valence-electron chi connectivity index (χ2n) is 4.58. The van der Waals surface area contributed by atoms with Crippen LogP contribution in [-0.4, -0.2) is 48.5 Å². The summed E-state index contributed by atoms with van der Waals surface area (Å²) in [4.78, 5) is 11.8. The molecule has 4 N–H and O–H groups in total. The van der Waals surface area contributed by atoms with Crippen LogP contribution < -0.4 is 15.4 Å². The lowest BCUT2D eigenvalue weighted by Crippen LogP contribution is -2.53. The van der Waals surface area contributed by atoms with Crippen molar-refractivity contribution in [1.82, 2.24) is 5.32 Å². The number of carbonyl (C=O) groups is 1. The number of nitrogens with one attached hydrogen (secondary N) is 2. The van der Waals surface area contributed by atoms with Gasteiger partial charge in [0.2, 0.25) is 5.91 Å². The fraction of sp³-hybridized carbons (Fsp3) is 0.500. The van der Waals surface area contributed by atoms with Crippen molar-refractivity contribution in [2.24, 2.45) is 0 Å². The number of amides is 1. The summed E-state index contributed by atoms with van der Waals surface area (Å²) >= 11 is 0. The molecule has 1 aromatic carbocycles. The van der Waals surface area contributed by atoms with Crippen LogP contribution in [-0.2, 0) is 4.79 Å². The van der Waals surface area contributed by atoms with Crippen molar-refractivity contribution in [3.05, 3.63) is 24.3 Å². The molecule has 20 heavy (non-hydrogen) atoms. The second kappa shape index (κ2) is 7.84. The molecule has 6 nitrogen and oxygen atoms in total. The number of methoxy groups -OCH3 is 1. The van der Waals surface area contributed by atoms with E-state index < -0.39 is 5.54 Å². The van der Waals surface area contributed by atoms with E-state index in [1.807, 2.05) is 6.92 Å². The Morgan fingerprint density at radius 2 is 1.85 bits per heavy atom. The summed E-state index contributed by atoms with van der Waals surface area (Å²) in [5.74, 6) is 0.474. The molecule has 6 heteroatoms. The molecule has 1 rings (SSSR count). The molecular formula is C14H22N2O4. The van der Waals surface area contributed by atoms with Crippen molar-refractivity contribution in [3.63, 3.8) is 0 Å². The van der Waals surface area contributed by atoms with Gasteiger partial charge in [0.25, 0.3) is 0 Å². The number of benzene rings is 1. The van der Waals surface area contributed by atoms with E-state index in [1.165, 1.54) is 0 Å². The van der Waals surface area contributed by atoms with Gasteiger partial charge in [-0.1, -0.05) is 6.92 Å². The summed E-state index contributed by atoms with van der Waals surface area (Å²) < 4.78 is 5.03. The van der Waals surface area contributed by atoms with E-state index >= 15 is 0 Å². The molecule has 0 spiro atoms. The Kier molecular flexibility index (Phi) is 6.44. The maximum absolute atomic E-state index is 11.8. The minimum absolute atomic E-state index is 0.0149. The van der Waals surface area contributed by atoms with E-state index in [0.717, 1.165) is 0 Å². The highest BCUT2D eigenvalue weighted by Crippen LogP contribution is 2.15. The molecule has 1 amide bonds. The Morgan fingerprint density at radius 3 is 2.30 bits per heavy atom. The van der Waals surface area contributed by atoms with Gasteiger partial charge in [0.1, 0.15) is 5.75 Å². The molecule has 0 aliphatic heterocycles. The number of hydrogen-bond acceptors (Lipinski definition) is 5. The highest BCUT2D eigenvalue weighted by Gasteiger charge is 2.26. The molecule has 0 aliphatic carbocycles. The Bertz CT molecular complexity index is 407. The minimum atomic E-state index is -0.822. The zero-order valence-corrected chi connectivity index (χ0v) is 11.8. The standard InChI is InChI=1S/C14H22N2O4/c1-3-14(9-17,10-18)15-8-13(19)16-11-4-6-12(20-2)7-5-11/h4-7,15,17-18H,3,8-10H2,1-2H3,(H,16,19). The SMILES string of the molecule is CCC(CO)(CO)NCC(=O)Nc1ccc(OC)cc1. The lowest BCUT2D eigenvalue weighted by molar-refractivity contribution is -0.116. The van der Waals surface area contributed by atoms with E-state index in [4.69, 9.17) is 4.74 Å². The Balaban J connectivity index is 2.50. The Hall–Kier alpha value is -1.63. The molecule has 0 radical (unpaired) electrons. The highest BCUT2D eigenvalue weighted by atomic mass is 16.5. The van der Waals surface area contributed by atoms with Gasteiger partial charge in [-0.2, -0.15) is 0 Å². The van der Waals surface area contributed by atoms with E-state index in [0.29, 0.717) is 17.9 Å². The molecule has 0 unspecified atom stereocenters. The topological polar surface area (TPSA) is 90.8 Å². The molecule has 0 saturated carbocycles. The Labute approximate surface area is 118 Å². The molecule has 0 aromatic heterocycles. The molecule has 0 aliphatic rings. The summed E-state index contributed by atoms with van der Waals surface area (Å²) in [5.41, 5.74) is -0.162. The van der Waals surface area contributed by atoms with E-state index in [-0.39, 0.29) is 25.7 Å². The maximum Gasteiger partial charge on any atom is 0.238 e. The third-order valence-electron chi connectivity index (χ3n) is 3.28.